The van der Waals surface area contributed by atoms with Gasteiger partial charge >= 0.3 is 0 Å². The minimum atomic E-state index is 0.779. The molecule has 1 atom stereocenters. The van der Waals surface area contributed by atoms with Crippen molar-refractivity contribution in [2.45, 2.75) is 26.7 Å². The van der Waals surface area contributed by atoms with Gasteiger partial charge in [-0.2, -0.15) is 0 Å². The molecule has 1 heteroatoms. The van der Waals surface area contributed by atoms with Crippen molar-refractivity contribution in [1.82, 2.24) is 5.32 Å². The number of rotatable bonds is 3. The van der Waals surface area contributed by atoms with Crippen LogP contribution >= 0.6 is 0 Å². The van der Waals surface area contributed by atoms with Gasteiger partial charge in [-0.05, 0) is 45.2 Å². The molecule has 0 aromatic rings. The fraction of sp³-hybridized carbons (Fsp3) is 0.636. The van der Waals surface area contributed by atoms with E-state index in [2.05, 4.69) is 31.3 Å². The van der Waals surface area contributed by atoms with Crippen LogP contribution < -0.4 is 5.32 Å². The summed E-state index contributed by atoms with van der Waals surface area (Å²) in [6.45, 7) is 5.49. The van der Waals surface area contributed by atoms with Gasteiger partial charge in [0.2, 0.25) is 0 Å². The summed E-state index contributed by atoms with van der Waals surface area (Å²) in [5, 5.41) is 3.24. The van der Waals surface area contributed by atoms with Crippen LogP contribution in [-0.4, -0.2) is 13.6 Å². The first kappa shape index (κ1) is 9.53. The van der Waals surface area contributed by atoms with Crippen molar-refractivity contribution in [1.29, 1.82) is 0 Å². The molecule has 68 valence electrons. The van der Waals surface area contributed by atoms with E-state index in [0.717, 1.165) is 12.5 Å². The smallest absolute Gasteiger partial charge is 0.00141 e. The van der Waals surface area contributed by atoms with Crippen LogP contribution in [0.2, 0.25) is 0 Å². The van der Waals surface area contributed by atoms with Crippen LogP contribution in [0.3, 0.4) is 0 Å². The predicted molar refractivity (Wildman–Crippen MR) is 54.2 cm³/mol. The minimum Gasteiger partial charge on any atom is -0.319 e. The Labute approximate surface area is 75.6 Å². The summed E-state index contributed by atoms with van der Waals surface area (Å²) in [4.78, 5) is 0. The molecular weight excluding hydrogens is 146 g/mol. The molecule has 0 spiro atoms. The molecule has 0 unspecified atom stereocenters. The summed E-state index contributed by atoms with van der Waals surface area (Å²) in [7, 11) is 2.03. The van der Waals surface area contributed by atoms with Crippen molar-refractivity contribution in [3.8, 4) is 0 Å². The Morgan fingerprint density at radius 1 is 1.58 bits per heavy atom. The lowest BCUT2D eigenvalue weighted by molar-refractivity contribution is 0.563. The highest BCUT2D eigenvalue weighted by molar-refractivity contribution is 5.30. The van der Waals surface area contributed by atoms with Crippen LogP contribution in [0.15, 0.2) is 23.3 Å². The van der Waals surface area contributed by atoms with E-state index in [4.69, 9.17) is 0 Å². The molecule has 0 aromatic heterocycles. The lowest BCUT2D eigenvalue weighted by atomic mass is 10.0. The quantitative estimate of drug-likeness (QED) is 0.677. The lowest BCUT2D eigenvalue weighted by Gasteiger charge is -2.09. The molecule has 0 bridgehead atoms. The lowest BCUT2D eigenvalue weighted by Crippen LogP contribution is -2.17. The monoisotopic (exact) mass is 165 g/mol. The van der Waals surface area contributed by atoms with Gasteiger partial charge in [0.1, 0.15) is 0 Å². The van der Waals surface area contributed by atoms with E-state index in [1.807, 2.05) is 7.05 Å². The Morgan fingerprint density at radius 2 is 2.33 bits per heavy atom. The number of hydrogen-bond donors (Lipinski definition) is 1. The molecule has 1 aliphatic rings. The van der Waals surface area contributed by atoms with Gasteiger partial charge in [-0.15, -0.1) is 0 Å². The number of nitrogens with one attached hydrogen (secondary N) is 1. The van der Waals surface area contributed by atoms with Gasteiger partial charge in [0, 0.05) is 6.54 Å². The second kappa shape index (κ2) is 4.46. The second-order valence-electron chi connectivity index (χ2n) is 3.50. The molecule has 1 aliphatic carbocycles. The zero-order valence-corrected chi connectivity index (χ0v) is 8.35. The molecule has 1 N–H and O–H groups in total. The van der Waals surface area contributed by atoms with Crippen molar-refractivity contribution in [2.75, 3.05) is 13.6 Å². The summed E-state index contributed by atoms with van der Waals surface area (Å²) in [5.41, 5.74) is 3.14. The van der Waals surface area contributed by atoms with E-state index in [-0.39, 0.29) is 0 Å². The van der Waals surface area contributed by atoms with Crippen molar-refractivity contribution < 1.29 is 0 Å². The van der Waals surface area contributed by atoms with Crippen LogP contribution in [0.4, 0.5) is 0 Å². The maximum Gasteiger partial charge on any atom is 0.00141 e. The number of hydrogen-bond acceptors (Lipinski definition) is 1. The Hall–Kier alpha value is -0.560. The molecule has 0 amide bonds. The maximum absolute atomic E-state index is 3.24. The molecule has 1 nitrogen and oxygen atoms in total. The topological polar surface area (TPSA) is 12.0 Å². The van der Waals surface area contributed by atoms with Gasteiger partial charge < -0.3 is 5.32 Å². The Bertz CT molecular complexity index is 201. The van der Waals surface area contributed by atoms with Crippen molar-refractivity contribution >= 4 is 0 Å². The third-order valence-electron chi connectivity index (χ3n) is 2.70. The van der Waals surface area contributed by atoms with Crippen molar-refractivity contribution in [3.05, 3.63) is 23.3 Å². The van der Waals surface area contributed by atoms with E-state index in [9.17, 15) is 0 Å². The highest BCUT2D eigenvalue weighted by atomic mass is 14.8. The van der Waals surface area contributed by atoms with E-state index in [1.165, 1.54) is 12.8 Å². The zero-order chi connectivity index (χ0) is 8.97. The second-order valence-corrected chi connectivity index (χ2v) is 3.50. The standard InChI is InChI=1S/C11H19N/c1-4-5-10-6-7-11(8-12-3)9(10)2/h4-5,11-12H,6-8H2,1-3H3/b5-4-/t11-/m0/s1. The molecule has 12 heavy (non-hydrogen) atoms. The first-order chi connectivity index (χ1) is 5.79. The largest absolute Gasteiger partial charge is 0.319 e. The highest BCUT2D eigenvalue weighted by Gasteiger charge is 2.19. The highest BCUT2D eigenvalue weighted by Crippen LogP contribution is 2.31. The van der Waals surface area contributed by atoms with Crippen LogP contribution in [0.25, 0.3) is 0 Å². The molecular formula is C11H19N. The SMILES string of the molecule is C/C=C\C1=C(C)[C@H](CNC)CC1. The average Bonchev–Trinajstić information content (AvgIpc) is 2.38. The first-order valence-electron chi connectivity index (χ1n) is 4.76. The van der Waals surface area contributed by atoms with E-state index < -0.39 is 0 Å². The molecule has 0 aliphatic heterocycles. The third kappa shape index (κ3) is 1.98. The maximum atomic E-state index is 3.24. The summed E-state index contributed by atoms with van der Waals surface area (Å²) >= 11 is 0. The number of allylic oxidation sites excluding steroid dienone is 3. The summed E-state index contributed by atoms with van der Waals surface area (Å²) in [5.74, 6) is 0.779. The van der Waals surface area contributed by atoms with Crippen molar-refractivity contribution in [2.24, 2.45) is 5.92 Å². The first-order valence-corrected chi connectivity index (χ1v) is 4.76. The van der Waals surface area contributed by atoms with Crippen molar-refractivity contribution in [3.63, 3.8) is 0 Å². The predicted octanol–water partition coefficient (Wildman–Crippen LogP) is 2.51. The Kier molecular flexibility index (Phi) is 3.54. The molecule has 0 saturated heterocycles. The minimum absolute atomic E-state index is 0.779. The molecule has 0 radical (unpaired) electrons. The molecule has 0 aromatic carbocycles. The fourth-order valence-electron chi connectivity index (χ4n) is 1.92. The van der Waals surface area contributed by atoms with Crippen LogP contribution in [0.5, 0.6) is 0 Å². The Balaban J connectivity index is 2.63. The van der Waals surface area contributed by atoms with E-state index >= 15 is 0 Å². The molecule has 0 fully saturated rings. The summed E-state index contributed by atoms with van der Waals surface area (Å²) in [6.07, 6.45) is 6.99. The van der Waals surface area contributed by atoms with Gasteiger partial charge in [0.25, 0.3) is 0 Å². The van der Waals surface area contributed by atoms with E-state index in [0.29, 0.717) is 0 Å². The molecule has 0 saturated carbocycles. The van der Waals surface area contributed by atoms with Crippen LogP contribution in [0, 0.1) is 5.92 Å². The normalized spacial score (nSPS) is 24.4. The van der Waals surface area contributed by atoms with Gasteiger partial charge in [-0.1, -0.05) is 17.7 Å². The average molecular weight is 165 g/mol. The van der Waals surface area contributed by atoms with Gasteiger partial charge in [-0.3, -0.25) is 0 Å². The molecule has 0 heterocycles. The summed E-state index contributed by atoms with van der Waals surface area (Å²) < 4.78 is 0. The van der Waals surface area contributed by atoms with Gasteiger partial charge in [0.05, 0.1) is 0 Å². The van der Waals surface area contributed by atoms with Gasteiger partial charge in [0.15, 0.2) is 0 Å². The van der Waals surface area contributed by atoms with Gasteiger partial charge in [-0.25, -0.2) is 0 Å². The Morgan fingerprint density at radius 3 is 2.92 bits per heavy atom. The third-order valence-corrected chi connectivity index (χ3v) is 2.70. The zero-order valence-electron chi connectivity index (χ0n) is 8.35. The fourth-order valence-corrected chi connectivity index (χ4v) is 1.92. The molecule has 1 rings (SSSR count). The van der Waals surface area contributed by atoms with Crippen LogP contribution in [-0.2, 0) is 0 Å². The summed E-state index contributed by atoms with van der Waals surface area (Å²) in [6, 6.07) is 0. The van der Waals surface area contributed by atoms with Crippen LogP contribution in [0.1, 0.15) is 26.7 Å². The van der Waals surface area contributed by atoms with E-state index in [1.54, 1.807) is 11.1 Å².